The van der Waals surface area contributed by atoms with Gasteiger partial charge in [-0.05, 0) is 55.3 Å². The summed E-state index contributed by atoms with van der Waals surface area (Å²) in [6.07, 6.45) is 0. The Morgan fingerprint density at radius 3 is 2.07 bits per heavy atom. The van der Waals surface area contributed by atoms with E-state index in [1.54, 1.807) is 12.1 Å². The van der Waals surface area contributed by atoms with Crippen molar-refractivity contribution in [1.82, 2.24) is 10.9 Å². The molecular formula is C18H17BrCl2N2O4. The first-order chi connectivity index (χ1) is 12.8. The number of hydrogen-bond donors (Lipinski definition) is 2. The van der Waals surface area contributed by atoms with Gasteiger partial charge in [0.25, 0.3) is 11.8 Å². The van der Waals surface area contributed by atoms with Gasteiger partial charge in [-0.15, -0.1) is 0 Å². The molecule has 2 amide bonds. The Hall–Kier alpha value is -1.96. The molecule has 0 radical (unpaired) electrons. The number of aryl methyl sites for hydroxylation is 2. The highest BCUT2D eigenvalue weighted by Gasteiger charge is 2.11. The third-order valence-electron chi connectivity index (χ3n) is 3.37. The zero-order valence-electron chi connectivity index (χ0n) is 14.6. The quantitative estimate of drug-likeness (QED) is 0.619. The summed E-state index contributed by atoms with van der Waals surface area (Å²) in [6, 6.07) is 8.42. The Morgan fingerprint density at radius 1 is 0.963 bits per heavy atom. The number of amides is 2. The number of halogens is 3. The first-order valence-electron chi connectivity index (χ1n) is 7.81. The third kappa shape index (κ3) is 6.61. The third-order valence-corrected chi connectivity index (χ3v) is 4.36. The van der Waals surface area contributed by atoms with E-state index in [1.165, 1.54) is 6.07 Å². The van der Waals surface area contributed by atoms with Gasteiger partial charge in [-0.1, -0.05) is 39.1 Å². The van der Waals surface area contributed by atoms with Crippen LogP contribution in [0.15, 0.2) is 34.8 Å². The maximum Gasteiger partial charge on any atom is 0.276 e. The summed E-state index contributed by atoms with van der Waals surface area (Å²) in [4.78, 5) is 23.6. The molecule has 0 saturated heterocycles. The Kier molecular flexibility index (Phi) is 7.77. The van der Waals surface area contributed by atoms with E-state index in [2.05, 4.69) is 26.8 Å². The number of hydrogen-bond acceptors (Lipinski definition) is 4. The van der Waals surface area contributed by atoms with Crippen LogP contribution in [0.4, 0.5) is 0 Å². The SMILES string of the molecule is Cc1cc(Br)cc(C)c1OCC(=O)NNC(=O)COc1ccc(Cl)cc1Cl. The Labute approximate surface area is 175 Å². The summed E-state index contributed by atoms with van der Waals surface area (Å²) < 4.78 is 11.7. The van der Waals surface area contributed by atoms with Crippen LogP contribution in [0.2, 0.25) is 10.0 Å². The van der Waals surface area contributed by atoms with Gasteiger partial charge in [0.05, 0.1) is 5.02 Å². The predicted octanol–water partition coefficient (Wildman–Crippen LogP) is 3.98. The lowest BCUT2D eigenvalue weighted by Crippen LogP contribution is -2.45. The maximum atomic E-state index is 11.8. The Balaban J connectivity index is 1.76. The van der Waals surface area contributed by atoms with E-state index < -0.39 is 11.8 Å². The van der Waals surface area contributed by atoms with Gasteiger partial charge < -0.3 is 9.47 Å². The number of benzene rings is 2. The molecule has 0 aromatic heterocycles. The van der Waals surface area contributed by atoms with Crippen LogP contribution in [0.3, 0.4) is 0 Å². The predicted molar refractivity (Wildman–Crippen MR) is 107 cm³/mol. The molecule has 0 fully saturated rings. The smallest absolute Gasteiger partial charge is 0.276 e. The number of hydrazine groups is 1. The summed E-state index contributed by atoms with van der Waals surface area (Å²) in [5.41, 5.74) is 6.28. The van der Waals surface area contributed by atoms with Gasteiger partial charge in [0.2, 0.25) is 0 Å². The van der Waals surface area contributed by atoms with E-state index in [4.69, 9.17) is 32.7 Å². The molecule has 0 saturated carbocycles. The van der Waals surface area contributed by atoms with Gasteiger partial charge in [0.15, 0.2) is 13.2 Å². The summed E-state index contributed by atoms with van der Waals surface area (Å²) >= 11 is 15.1. The first kappa shape index (κ1) is 21.3. The van der Waals surface area contributed by atoms with Gasteiger partial charge in [0, 0.05) is 9.50 Å². The van der Waals surface area contributed by atoms with Crippen LogP contribution in [0.5, 0.6) is 11.5 Å². The van der Waals surface area contributed by atoms with E-state index in [0.29, 0.717) is 16.5 Å². The number of nitrogens with one attached hydrogen (secondary N) is 2. The molecule has 0 heterocycles. The minimum Gasteiger partial charge on any atom is -0.483 e. The van der Waals surface area contributed by atoms with E-state index in [1.807, 2.05) is 26.0 Å². The van der Waals surface area contributed by atoms with Gasteiger partial charge in [-0.2, -0.15) is 0 Å². The van der Waals surface area contributed by atoms with Crippen molar-refractivity contribution >= 4 is 50.9 Å². The highest BCUT2D eigenvalue weighted by molar-refractivity contribution is 9.10. The van der Waals surface area contributed by atoms with Crippen molar-refractivity contribution in [2.45, 2.75) is 13.8 Å². The Morgan fingerprint density at radius 2 is 1.52 bits per heavy atom. The van der Waals surface area contributed by atoms with Crippen LogP contribution in [0, 0.1) is 13.8 Å². The standard InChI is InChI=1S/C18H17BrCl2N2O4/c1-10-5-12(19)6-11(2)18(10)27-9-17(25)23-22-16(24)8-26-15-4-3-13(20)7-14(15)21/h3-7H,8-9H2,1-2H3,(H,22,24)(H,23,25). The van der Waals surface area contributed by atoms with Gasteiger partial charge in [-0.3, -0.25) is 20.4 Å². The van der Waals surface area contributed by atoms with Crippen molar-refractivity contribution in [3.8, 4) is 11.5 Å². The largest absolute Gasteiger partial charge is 0.483 e. The molecule has 0 aliphatic rings. The van der Waals surface area contributed by atoms with Crippen molar-refractivity contribution in [3.63, 3.8) is 0 Å². The van der Waals surface area contributed by atoms with E-state index >= 15 is 0 Å². The molecule has 0 aliphatic heterocycles. The van der Waals surface area contributed by atoms with Crippen molar-refractivity contribution in [2.24, 2.45) is 0 Å². The lowest BCUT2D eigenvalue weighted by atomic mass is 10.1. The van der Waals surface area contributed by atoms with Gasteiger partial charge in [-0.25, -0.2) is 0 Å². The van der Waals surface area contributed by atoms with Crippen LogP contribution >= 0.6 is 39.1 Å². The molecule has 0 unspecified atom stereocenters. The lowest BCUT2D eigenvalue weighted by molar-refractivity contribution is -0.131. The molecule has 0 atom stereocenters. The molecule has 2 aromatic rings. The molecule has 2 aromatic carbocycles. The van der Waals surface area contributed by atoms with Crippen molar-refractivity contribution in [2.75, 3.05) is 13.2 Å². The molecule has 0 spiro atoms. The van der Waals surface area contributed by atoms with Crippen molar-refractivity contribution < 1.29 is 19.1 Å². The molecule has 144 valence electrons. The summed E-state index contributed by atoms with van der Waals surface area (Å²) in [5, 5.41) is 0.744. The summed E-state index contributed by atoms with van der Waals surface area (Å²) in [7, 11) is 0. The molecule has 6 nitrogen and oxygen atoms in total. The lowest BCUT2D eigenvalue weighted by Gasteiger charge is -2.13. The van der Waals surface area contributed by atoms with Crippen molar-refractivity contribution in [3.05, 3.63) is 56.0 Å². The second-order valence-corrected chi connectivity index (χ2v) is 7.38. The van der Waals surface area contributed by atoms with Crippen LogP contribution in [0.25, 0.3) is 0 Å². The number of carbonyl (C=O) groups excluding carboxylic acids is 2. The fourth-order valence-electron chi connectivity index (χ4n) is 2.21. The highest BCUT2D eigenvalue weighted by Crippen LogP contribution is 2.28. The second kappa shape index (κ2) is 9.82. The van der Waals surface area contributed by atoms with Gasteiger partial charge >= 0.3 is 0 Å². The highest BCUT2D eigenvalue weighted by atomic mass is 79.9. The fourth-order valence-corrected chi connectivity index (χ4v) is 3.36. The number of carbonyl (C=O) groups is 2. The van der Waals surface area contributed by atoms with E-state index in [9.17, 15) is 9.59 Å². The minimum absolute atomic E-state index is 0.243. The van der Waals surface area contributed by atoms with Crippen molar-refractivity contribution in [1.29, 1.82) is 0 Å². The van der Waals surface area contributed by atoms with Crippen LogP contribution in [-0.2, 0) is 9.59 Å². The maximum absolute atomic E-state index is 11.8. The average Bonchev–Trinajstić information content (AvgIpc) is 2.58. The minimum atomic E-state index is -0.551. The van der Waals surface area contributed by atoms with Crippen LogP contribution in [0.1, 0.15) is 11.1 Å². The molecule has 2 N–H and O–H groups in total. The summed E-state index contributed by atoms with van der Waals surface area (Å²) in [5.74, 6) is -0.118. The second-order valence-electron chi connectivity index (χ2n) is 5.62. The molecule has 9 heteroatoms. The monoisotopic (exact) mass is 474 g/mol. The fraction of sp³-hybridized carbons (Fsp3) is 0.222. The van der Waals surface area contributed by atoms with Gasteiger partial charge in [0.1, 0.15) is 11.5 Å². The summed E-state index contributed by atoms with van der Waals surface area (Å²) in [6.45, 7) is 3.19. The topological polar surface area (TPSA) is 76.7 Å². The number of ether oxygens (including phenoxy) is 2. The molecule has 2 rings (SSSR count). The zero-order chi connectivity index (χ0) is 20.0. The van der Waals surface area contributed by atoms with E-state index in [0.717, 1.165) is 15.6 Å². The Bertz CT molecular complexity index is 838. The first-order valence-corrected chi connectivity index (χ1v) is 9.36. The molecule has 27 heavy (non-hydrogen) atoms. The number of rotatable bonds is 6. The zero-order valence-corrected chi connectivity index (χ0v) is 17.7. The molecule has 0 aliphatic carbocycles. The molecule has 0 bridgehead atoms. The van der Waals surface area contributed by atoms with E-state index in [-0.39, 0.29) is 18.2 Å². The van der Waals surface area contributed by atoms with Crippen LogP contribution < -0.4 is 20.3 Å². The van der Waals surface area contributed by atoms with Crippen LogP contribution in [-0.4, -0.2) is 25.0 Å². The normalized spacial score (nSPS) is 10.3. The average molecular weight is 476 g/mol. The molecular weight excluding hydrogens is 459 g/mol.